The third-order valence-electron chi connectivity index (χ3n) is 3.38. The van der Waals surface area contributed by atoms with Crippen LogP contribution in [-0.4, -0.2) is 34.3 Å². The van der Waals surface area contributed by atoms with E-state index in [0.717, 1.165) is 22.1 Å². The minimum atomic E-state index is -1.66. The van der Waals surface area contributed by atoms with Gasteiger partial charge in [-0.05, 0) is 31.4 Å². The van der Waals surface area contributed by atoms with E-state index in [4.69, 9.17) is 4.42 Å². The van der Waals surface area contributed by atoms with Gasteiger partial charge >= 0.3 is 7.12 Å². The Kier molecular flexibility index (Phi) is 4.98. The Bertz CT molecular complexity index is 641. The Labute approximate surface area is 128 Å². The molecule has 0 saturated carbocycles. The Balaban J connectivity index is 2.23. The van der Waals surface area contributed by atoms with E-state index < -0.39 is 18.3 Å². The minimum absolute atomic E-state index is 0.264. The van der Waals surface area contributed by atoms with Crippen LogP contribution in [-0.2, 0) is 11.2 Å². The molecule has 1 heterocycles. The van der Waals surface area contributed by atoms with Crippen LogP contribution in [0.25, 0.3) is 11.0 Å². The molecule has 0 aliphatic heterocycles. The molecule has 112 valence electrons. The molecule has 1 amide bonds. The number of amides is 1. The lowest BCUT2D eigenvalue weighted by Gasteiger charge is -2.18. The molecule has 0 spiro atoms. The zero-order chi connectivity index (χ0) is 15.6. The molecule has 1 aromatic heterocycles. The van der Waals surface area contributed by atoms with E-state index in [-0.39, 0.29) is 12.3 Å². The topological polar surface area (TPSA) is 82.7 Å². The van der Waals surface area contributed by atoms with Gasteiger partial charge in [0.05, 0.1) is 17.5 Å². The van der Waals surface area contributed by atoms with Crippen molar-refractivity contribution in [1.82, 2.24) is 5.32 Å². The number of thiol groups is 1. The van der Waals surface area contributed by atoms with Crippen molar-refractivity contribution in [3.63, 3.8) is 0 Å². The normalized spacial score (nSPS) is 14.0. The average molecular weight is 307 g/mol. The summed E-state index contributed by atoms with van der Waals surface area (Å²) in [7, 11) is -1.66. The van der Waals surface area contributed by atoms with E-state index in [1.807, 2.05) is 25.1 Å². The average Bonchev–Trinajstić information content (AvgIpc) is 2.82. The number of hydrogen-bond donors (Lipinski definition) is 4. The number of fused-ring (bicyclic) bond motifs is 1. The maximum absolute atomic E-state index is 11.7. The molecule has 5 nitrogen and oxygen atoms in total. The summed E-state index contributed by atoms with van der Waals surface area (Å²) in [6.07, 6.45) is 1.85. The summed E-state index contributed by atoms with van der Waals surface area (Å²) in [5, 5.41) is 21.9. The van der Waals surface area contributed by atoms with Gasteiger partial charge in [0.15, 0.2) is 0 Å². The van der Waals surface area contributed by atoms with Crippen LogP contribution in [0.1, 0.15) is 18.1 Å². The van der Waals surface area contributed by atoms with Crippen molar-refractivity contribution in [3.05, 3.63) is 35.6 Å². The first-order valence-corrected chi connectivity index (χ1v) is 7.22. The predicted molar refractivity (Wildman–Crippen MR) is 85.2 cm³/mol. The fourth-order valence-electron chi connectivity index (χ4n) is 2.18. The highest BCUT2D eigenvalue weighted by molar-refractivity contribution is 7.81. The summed E-state index contributed by atoms with van der Waals surface area (Å²) in [6, 6.07) is 5.76. The maximum Gasteiger partial charge on any atom is 0.475 e. The predicted octanol–water partition coefficient (Wildman–Crippen LogP) is 1.10. The molecule has 2 aromatic rings. The summed E-state index contributed by atoms with van der Waals surface area (Å²) in [4.78, 5) is 11.7. The van der Waals surface area contributed by atoms with E-state index >= 15 is 0 Å². The number of hydrogen-bond acceptors (Lipinski definition) is 5. The molecule has 0 fully saturated rings. The smallest absolute Gasteiger partial charge is 0.464 e. The first-order valence-electron chi connectivity index (χ1n) is 6.70. The fraction of sp³-hybridized carbons (Fsp3) is 0.357. The second kappa shape index (κ2) is 6.55. The van der Waals surface area contributed by atoms with Gasteiger partial charge in [-0.15, -0.1) is 0 Å². The van der Waals surface area contributed by atoms with Crippen molar-refractivity contribution < 1.29 is 19.3 Å². The van der Waals surface area contributed by atoms with Gasteiger partial charge in [0.2, 0.25) is 5.91 Å². The number of nitrogens with one attached hydrogen (secondary N) is 1. The Morgan fingerprint density at radius 1 is 1.48 bits per heavy atom. The van der Waals surface area contributed by atoms with Crippen LogP contribution in [0, 0.1) is 6.92 Å². The van der Waals surface area contributed by atoms with Crippen LogP contribution in [0.3, 0.4) is 0 Å². The molecule has 3 N–H and O–H groups in total. The van der Waals surface area contributed by atoms with Gasteiger partial charge in [0.25, 0.3) is 0 Å². The molecule has 0 aliphatic rings. The van der Waals surface area contributed by atoms with Crippen molar-refractivity contribution in [2.75, 3.05) is 0 Å². The molecule has 0 bridgehead atoms. The van der Waals surface area contributed by atoms with E-state index in [1.54, 1.807) is 13.2 Å². The van der Waals surface area contributed by atoms with Gasteiger partial charge in [0.1, 0.15) is 5.58 Å². The van der Waals surface area contributed by atoms with Crippen LogP contribution in [0.4, 0.5) is 0 Å². The van der Waals surface area contributed by atoms with Gasteiger partial charge in [0, 0.05) is 5.39 Å². The number of rotatable bonds is 5. The standard InChI is InChI=1S/C14H18BNO4S/c1-8-4-3-5-11-10(7-20-13(8)11)6-12(15(18)19)16-14(17)9(2)21/h3-5,7,9,12,18-19,21H,6H2,1-2H3,(H,16,17)/t9?,12-/m1/s1. The number of carbonyl (C=O) groups excluding carboxylic acids is 1. The lowest BCUT2D eigenvalue weighted by molar-refractivity contribution is -0.120. The van der Waals surface area contributed by atoms with E-state index in [9.17, 15) is 14.8 Å². The highest BCUT2D eigenvalue weighted by Gasteiger charge is 2.27. The van der Waals surface area contributed by atoms with Crippen molar-refractivity contribution in [2.24, 2.45) is 0 Å². The number of aryl methyl sites for hydroxylation is 1. The molecular weight excluding hydrogens is 289 g/mol. The van der Waals surface area contributed by atoms with Crippen LogP contribution >= 0.6 is 12.6 Å². The summed E-state index contributed by atoms with van der Waals surface area (Å²) >= 11 is 4.03. The van der Waals surface area contributed by atoms with Gasteiger partial charge < -0.3 is 19.8 Å². The molecule has 1 unspecified atom stereocenters. The number of carbonyl (C=O) groups is 1. The lowest BCUT2D eigenvalue weighted by Crippen LogP contribution is -2.49. The molecular formula is C14H18BNO4S. The first-order chi connectivity index (χ1) is 9.90. The van der Waals surface area contributed by atoms with Gasteiger partial charge in [-0.3, -0.25) is 4.79 Å². The highest BCUT2D eigenvalue weighted by Crippen LogP contribution is 2.25. The second-order valence-electron chi connectivity index (χ2n) is 5.12. The molecule has 7 heteroatoms. The molecule has 0 saturated heterocycles. The summed E-state index contributed by atoms with van der Waals surface area (Å²) in [6.45, 7) is 3.56. The van der Waals surface area contributed by atoms with E-state index in [1.165, 1.54) is 0 Å². The van der Waals surface area contributed by atoms with Crippen molar-refractivity contribution in [3.8, 4) is 0 Å². The largest absolute Gasteiger partial charge is 0.475 e. The molecule has 2 rings (SSSR count). The SMILES string of the molecule is Cc1cccc2c(C[C@@H](NC(=O)C(C)S)B(O)O)coc12. The zero-order valence-electron chi connectivity index (χ0n) is 11.9. The van der Waals surface area contributed by atoms with Crippen molar-refractivity contribution in [2.45, 2.75) is 31.5 Å². The summed E-state index contributed by atoms with van der Waals surface area (Å²) in [5.74, 6) is -1.16. The third kappa shape index (κ3) is 3.61. The molecule has 2 atom stereocenters. The summed E-state index contributed by atoms with van der Waals surface area (Å²) < 4.78 is 5.52. The molecule has 21 heavy (non-hydrogen) atoms. The summed E-state index contributed by atoms with van der Waals surface area (Å²) in [5.41, 5.74) is 2.60. The van der Waals surface area contributed by atoms with Crippen molar-refractivity contribution in [1.29, 1.82) is 0 Å². The van der Waals surface area contributed by atoms with Crippen LogP contribution in [0.2, 0.25) is 0 Å². The molecule has 1 aromatic carbocycles. The minimum Gasteiger partial charge on any atom is -0.464 e. The van der Waals surface area contributed by atoms with Crippen LogP contribution < -0.4 is 5.32 Å². The van der Waals surface area contributed by atoms with Crippen LogP contribution in [0.5, 0.6) is 0 Å². The monoisotopic (exact) mass is 307 g/mol. The first kappa shape index (κ1) is 15.9. The highest BCUT2D eigenvalue weighted by atomic mass is 32.1. The van der Waals surface area contributed by atoms with Crippen LogP contribution in [0.15, 0.2) is 28.9 Å². The van der Waals surface area contributed by atoms with Gasteiger partial charge in [-0.1, -0.05) is 18.2 Å². The molecule has 0 aliphatic carbocycles. The Hall–Kier alpha value is -1.44. The number of furan rings is 1. The van der Waals surface area contributed by atoms with E-state index in [2.05, 4.69) is 17.9 Å². The maximum atomic E-state index is 11.7. The third-order valence-corrected chi connectivity index (χ3v) is 3.62. The Morgan fingerprint density at radius 2 is 2.19 bits per heavy atom. The van der Waals surface area contributed by atoms with Crippen molar-refractivity contribution >= 4 is 36.6 Å². The quantitative estimate of drug-likeness (QED) is 0.492. The molecule has 0 radical (unpaired) electrons. The number of para-hydroxylation sites is 1. The second-order valence-corrected chi connectivity index (χ2v) is 5.90. The van der Waals surface area contributed by atoms with E-state index in [0.29, 0.717) is 0 Å². The number of benzene rings is 1. The zero-order valence-corrected chi connectivity index (χ0v) is 12.8. The fourth-order valence-corrected chi connectivity index (χ4v) is 2.26. The lowest BCUT2D eigenvalue weighted by atomic mass is 9.76. The van der Waals surface area contributed by atoms with Gasteiger partial charge in [-0.2, -0.15) is 12.6 Å². The van der Waals surface area contributed by atoms with Gasteiger partial charge in [-0.25, -0.2) is 0 Å². The Morgan fingerprint density at radius 3 is 2.81 bits per heavy atom.